The molecule has 9 rings (SSSR count). The summed E-state index contributed by atoms with van der Waals surface area (Å²) in [6, 6.07) is 1.33. The van der Waals surface area contributed by atoms with E-state index in [0.29, 0.717) is 82.5 Å². The molecule has 9 fully saturated rings. The number of rotatable bonds is 3. The van der Waals surface area contributed by atoms with Crippen LogP contribution in [0.5, 0.6) is 0 Å². The topological polar surface area (TPSA) is 192 Å². The molecule has 7 unspecified atom stereocenters. The molecule has 0 aromatic rings. The summed E-state index contributed by atoms with van der Waals surface area (Å²) in [5.74, 6) is 5.14. The number of sulfonamides is 2. The van der Waals surface area contributed by atoms with Crippen molar-refractivity contribution in [2.45, 2.75) is 397 Å². The van der Waals surface area contributed by atoms with Gasteiger partial charge in [-0.3, -0.25) is 14.4 Å². The summed E-state index contributed by atoms with van der Waals surface area (Å²) in [6.07, 6.45) is 28.0. The zero-order valence-corrected chi connectivity index (χ0v) is 83.9. The maximum Gasteiger partial charge on any atom is 0.219 e. The van der Waals surface area contributed by atoms with Crippen LogP contribution in [0.15, 0.2) is 0 Å². The molecule has 9 heterocycles. The molecule has 21 heteroatoms. The summed E-state index contributed by atoms with van der Waals surface area (Å²) >= 11 is 0. The molecule has 18 nitrogen and oxygen atoms in total. The Bertz CT molecular complexity index is 3100. The van der Waals surface area contributed by atoms with Gasteiger partial charge in [0, 0.05) is 111 Å². The van der Waals surface area contributed by atoms with Gasteiger partial charge in [0.05, 0.1) is 17.8 Å². The van der Waals surface area contributed by atoms with Crippen LogP contribution < -0.4 is 5.32 Å². The Morgan fingerprint density at radius 2 is 0.647 bits per heavy atom. The molecule has 9 saturated heterocycles. The van der Waals surface area contributed by atoms with Crippen molar-refractivity contribution < 1.29 is 39.6 Å². The standard InChI is InChI=1S/3C11H21NO.3C10H21NO2S.3C10H21N.5CH4/c1-9(13)12-7-5-10(6-8-12)11(2,3)4;1-9(13)12-7-5-6-10(8-12)11(2,3)4;1-9(13)12-8-6-5-7-10(12)11(2,3)4;1-10(2,3)9-5-7-11(8-6-9)14(4,12)13;1-10(2,3)9-6-5-7-11(8-9)14(4,12)13;1-10(2,3)9-8(14(4,12)13)6-5-7-11-9;1-10(2,3)9-5-7-11(4)8-6-9;1-10(2,3)9-6-5-7-11(4)8-9;1-10(2,3)9-7-5-6-8-11(9)4;;;;;/h3*10H,5-8H2,1-4H3;2*9H,5-8H2,1-4H3;8-9,11H,5-7H2,1-4H3;3*9H,5-8H2,1-4H3;5*1H4. The van der Waals surface area contributed by atoms with Crippen LogP contribution in [0, 0.1) is 84.2 Å². The van der Waals surface area contributed by atoms with Crippen LogP contribution in [0.3, 0.4) is 0 Å². The van der Waals surface area contributed by atoms with Gasteiger partial charge in [0.25, 0.3) is 0 Å². The van der Waals surface area contributed by atoms with E-state index in [0.717, 1.165) is 102 Å². The summed E-state index contributed by atoms with van der Waals surface area (Å²) in [6.45, 7) is 81.1. The summed E-state index contributed by atoms with van der Waals surface area (Å²) in [4.78, 5) is 47.1. The molecule has 9 aliphatic heterocycles. The number of carbonyl (C=O) groups excluding carboxylic acids is 3. The minimum atomic E-state index is -2.99. The lowest BCUT2D eigenvalue weighted by molar-refractivity contribution is -0.135. The monoisotopic (exact) mass is 1750 g/mol. The smallest absolute Gasteiger partial charge is 0.219 e. The third-order valence-electron chi connectivity index (χ3n) is 26.8. The van der Waals surface area contributed by atoms with E-state index < -0.39 is 29.9 Å². The number of amides is 3. The molecule has 1 N–H and O–H groups in total. The van der Waals surface area contributed by atoms with E-state index in [9.17, 15) is 39.6 Å². The van der Waals surface area contributed by atoms with Crippen LogP contribution in [0.4, 0.5) is 0 Å². The van der Waals surface area contributed by atoms with Crippen molar-refractivity contribution in [1.29, 1.82) is 0 Å². The Hall–Kier alpha value is -1.98. The predicted molar refractivity (Wildman–Crippen MR) is 522 cm³/mol. The van der Waals surface area contributed by atoms with Crippen molar-refractivity contribution in [1.82, 2.24) is 43.3 Å². The molecular formula is C98H209N9O9S3. The van der Waals surface area contributed by atoms with Crippen molar-refractivity contribution in [3.63, 3.8) is 0 Å². The average Bonchev–Trinajstić information content (AvgIpc) is 0.807. The van der Waals surface area contributed by atoms with Gasteiger partial charge >= 0.3 is 0 Å². The van der Waals surface area contributed by atoms with E-state index in [1.807, 2.05) is 14.7 Å². The summed E-state index contributed by atoms with van der Waals surface area (Å²) in [7, 11) is -2.15. The number of carbonyl (C=O) groups is 3. The highest BCUT2D eigenvalue weighted by molar-refractivity contribution is 7.91. The summed E-state index contributed by atoms with van der Waals surface area (Å²) in [5, 5.41) is 3.12. The van der Waals surface area contributed by atoms with E-state index in [1.165, 1.54) is 141 Å². The Morgan fingerprint density at radius 1 is 0.294 bits per heavy atom. The number of sulfone groups is 1. The second kappa shape index (κ2) is 53.7. The zero-order valence-electron chi connectivity index (χ0n) is 81.5. The fourth-order valence-corrected chi connectivity index (χ4v) is 21.7. The van der Waals surface area contributed by atoms with Crippen LogP contribution in [0.25, 0.3) is 0 Å². The van der Waals surface area contributed by atoms with E-state index in [1.54, 1.807) is 29.4 Å². The van der Waals surface area contributed by atoms with Crippen molar-refractivity contribution in [2.24, 2.45) is 84.2 Å². The molecule has 0 radical (unpaired) electrons. The largest absolute Gasteiger partial charge is 0.343 e. The van der Waals surface area contributed by atoms with Crippen LogP contribution in [0.1, 0.15) is 373 Å². The highest BCUT2D eigenvalue weighted by atomic mass is 32.2. The van der Waals surface area contributed by atoms with Gasteiger partial charge < -0.3 is 34.7 Å². The highest BCUT2D eigenvalue weighted by Crippen LogP contribution is 2.40. The number of hydrogen-bond donors (Lipinski definition) is 1. The van der Waals surface area contributed by atoms with Crippen molar-refractivity contribution >= 4 is 47.6 Å². The molecule has 0 aromatic carbocycles. The molecule has 0 saturated carbocycles. The van der Waals surface area contributed by atoms with E-state index in [2.05, 4.69) is 228 Å². The summed E-state index contributed by atoms with van der Waals surface area (Å²) in [5.41, 5.74) is 3.01. The van der Waals surface area contributed by atoms with Crippen LogP contribution in [-0.4, -0.2) is 242 Å². The van der Waals surface area contributed by atoms with Crippen LogP contribution >= 0.6 is 0 Å². The number of nitrogens with one attached hydrogen (secondary N) is 1. The highest BCUT2D eigenvalue weighted by Gasteiger charge is 2.41. The lowest BCUT2D eigenvalue weighted by Crippen LogP contribution is -2.54. The Labute approximate surface area is 744 Å². The average molecular weight is 1750 g/mol. The lowest BCUT2D eigenvalue weighted by atomic mass is 9.75. The first kappa shape index (κ1) is 126. The fraction of sp³-hybridized carbons (Fsp3) is 0.969. The molecule has 0 spiro atoms. The van der Waals surface area contributed by atoms with E-state index >= 15 is 0 Å². The van der Waals surface area contributed by atoms with Gasteiger partial charge in [-0.2, -0.15) is 0 Å². The van der Waals surface area contributed by atoms with Gasteiger partial charge in [-0.1, -0.05) is 230 Å². The Morgan fingerprint density at radius 3 is 0.958 bits per heavy atom. The number of hydrogen-bond acceptors (Lipinski definition) is 13. The molecular weight excluding hydrogens is 1540 g/mol. The lowest BCUT2D eigenvalue weighted by Gasteiger charge is -2.43. The Kier molecular flexibility index (Phi) is 56.7. The molecule has 0 bridgehead atoms. The number of likely N-dealkylation sites (tertiary alicyclic amines) is 6. The molecule has 7 atom stereocenters. The molecule has 3 amide bonds. The minimum Gasteiger partial charge on any atom is -0.343 e. The van der Waals surface area contributed by atoms with Crippen molar-refractivity contribution in [3.8, 4) is 0 Å². The van der Waals surface area contributed by atoms with Gasteiger partial charge in [-0.15, -0.1) is 0 Å². The van der Waals surface area contributed by atoms with Crippen LogP contribution in [0.2, 0.25) is 0 Å². The first-order valence-electron chi connectivity index (χ1n) is 45.1. The minimum absolute atomic E-state index is 0. The third kappa shape index (κ3) is 49.2. The first-order chi connectivity index (χ1) is 51.4. The van der Waals surface area contributed by atoms with Gasteiger partial charge in [0.1, 0.15) is 0 Å². The molecule has 0 aromatic heterocycles. The SMILES string of the molecule is C.C.C.C.C.CC(=O)N1CCC(C(C)(C)C)CC1.CC(=O)N1CCCC(C(C)(C)C)C1.CC(=O)N1CCCCC1C(C)(C)C.CC(C)(C)C1CCCN(S(C)(=O)=O)C1.CC(C)(C)C1CCN(S(C)(=O)=O)CC1.CC(C)(C)C1NCCCC1S(C)(=O)=O.CN1CCC(C(C)(C)C)CC1.CN1CCCC(C(C)(C)C)C1.CN1CCCCC1C(C)(C)C. The van der Waals surface area contributed by atoms with Crippen molar-refractivity contribution in [3.05, 3.63) is 0 Å². The van der Waals surface area contributed by atoms with E-state index in [4.69, 9.17) is 0 Å². The maximum atomic E-state index is 11.6. The predicted octanol–water partition coefficient (Wildman–Crippen LogP) is 22.1. The van der Waals surface area contributed by atoms with Gasteiger partial charge in [-0.25, -0.2) is 33.9 Å². The zero-order chi connectivity index (χ0) is 88.6. The van der Waals surface area contributed by atoms with Crippen molar-refractivity contribution in [2.75, 3.05) is 138 Å². The molecule has 119 heavy (non-hydrogen) atoms. The number of nitrogens with zero attached hydrogens (tertiary/aromatic N) is 8. The second-order valence-corrected chi connectivity index (χ2v) is 52.3. The molecule has 9 aliphatic rings. The second-order valence-electron chi connectivity index (χ2n) is 46.1. The first-order valence-corrected chi connectivity index (χ1v) is 50.7. The molecule has 0 aliphatic carbocycles. The molecule has 718 valence electrons. The normalized spacial score (nSPS) is 24.5. The summed E-state index contributed by atoms with van der Waals surface area (Å²) < 4.78 is 71.7. The number of piperidine rings is 9. The fourth-order valence-electron chi connectivity index (χ4n) is 18.3. The van der Waals surface area contributed by atoms with Gasteiger partial charge in [0.15, 0.2) is 9.84 Å². The Balaban J connectivity index is -0.000000408. The van der Waals surface area contributed by atoms with Gasteiger partial charge in [0.2, 0.25) is 37.8 Å². The quantitative estimate of drug-likeness (QED) is 0.281. The van der Waals surface area contributed by atoms with Gasteiger partial charge in [-0.05, 0) is 260 Å². The van der Waals surface area contributed by atoms with Crippen LogP contribution in [-0.2, 0) is 44.3 Å². The third-order valence-corrected chi connectivity index (χ3v) is 31.0. The maximum absolute atomic E-state index is 11.6. The van der Waals surface area contributed by atoms with E-state index in [-0.39, 0.29) is 82.4 Å².